The molecule has 0 spiro atoms. The highest BCUT2D eigenvalue weighted by Crippen LogP contribution is 2.48. The highest BCUT2D eigenvalue weighted by atomic mass is 16.5. The van der Waals surface area contributed by atoms with Crippen LogP contribution in [0.1, 0.15) is 32.6 Å². The lowest BCUT2D eigenvalue weighted by atomic mass is 9.72. The zero-order valence-electron chi connectivity index (χ0n) is 7.18. The van der Waals surface area contributed by atoms with Gasteiger partial charge in [-0.15, -0.1) is 0 Å². The molecular formula is C9H17NO. The van der Waals surface area contributed by atoms with Gasteiger partial charge in [-0.25, -0.2) is 0 Å². The average Bonchev–Trinajstić information content (AvgIpc) is 2.62. The van der Waals surface area contributed by atoms with Crippen LogP contribution in [0.3, 0.4) is 0 Å². The van der Waals surface area contributed by atoms with Gasteiger partial charge in [0.2, 0.25) is 0 Å². The van der Waals surface area contributed by atoms with Crippen molar-refractivity contribution in [2.75, 3.05) is 6.54 Å². The molecule has 2 heteroatoms. The molecule has 2 heterocycles. The fraction of sp³-hybridized carbons (Fsp3) is 1.00. The summed E-state index contributed by atoms with van der Waals surface area (Å²) < 4.78 is 5.79. The lowest BCUT2D eigenvalue weighted by molar-refractivity contribution is 0.0620. The Morgan fingerprint density at radius 2 is 2.36 bits per heavy atom. The van der Waals surface area contributed by atoms with E-state index in [9.17, 15) is 0 Å². The van der Waals surface area contributed by atoms with Crippen LogP contribution in [0.4, 0.5) is 0 Å². The molecule has 0 aliphatic carbocycles. The molecule has 2 saturated heterocycles. The lowest BCUT2D eigenvalue weighted by Crippen LogP contribution is -2.38. The van der Waals surface area contributed by atoms with Crippen LogP contribution in [0, 0.1) is 5.41 Å². The van der Waals surface area contributed by atoms with E-state index < -0.39 is 0 Å². The molecule has 11 heavy (non-hydrogen) atoms. The second kappa shape index (κ2) is 2.46. The van der Waals surface area contributed by atoms with E-state index in [4.69, 9.17) is 10.5 Å². The van der Waals surface area contributed by atoms with Crippen LogP contribution in [-0.2, 0) is 4.74 Å². The Hall–Kier alpha value is -0.0800. The van der Waals surface area contributed by atoms with Gasteiger partial charge < -0.3 is 10.5 Å². The first-order chi connectivity index (χ1) is 5.30. The summed E-state index contributed by atoms with van der Waals surface area (Å²) in [5, 5.41) is 0. The molecule has 64 valence electrons. The van der Waals surface area contributed by atoms with Crippen molar-refractivity contribution in [3.05, 3.63) is 0 Å². The molecule has 2 bridgehead atoms. The Labute approximate surface area is 68.1 Å². The number of ether oxygens (including phenoxy) is 1. The first-order valence-corrected chi connectivity index (χ1v) is 4.66. The van der Waals surface area contributed by atoms with E-state index in [1.807, 2.05) is 0 Å². The first kappa shape index (κ1) is 7.56. The van der Waals surface area contributed by atoms with Crippen LogP contribution in [0.25, 0.3) is 0 Å². The molecule has 2 aliphatic heterocycles. The third-order valence-corrected chi connectivity index (χ3v) is 3.54. The smallest absolute Gasteiger partial charge is 0.0648 e. The highest BCUT2D eigenvalue weighted by Gasteiger charge is 2.50. The maximum atomic E-state index is 5.79. The minimum atomic E-state index is 0.350. The summed E-state index contributed by atoms with van der Waals surface area (Å²) in [5.74, 6) is 0. The molecule has 3 atom stereocenters. The zero-order chi connectivity index (χ0) is 7.90. The summed E-state index contributed by atoms with van der Waals surface area (Å²) in [6.07, 6.45) is 5.95. The molecule has 2 N–H and O–H groups in total. The predicted octanol–water partition coefficient (Wildman–Crippen LogP) is 1.29. The van der Waals surface area contributed by atoms with E-state index >= 15 is 0 Å². The van der Waals surface area contributed by atoms with Gasteiger partial charge in [0.15, 0.2) is 0 Å². The third-order valence-electron chi connectivity index (χ3n) is 3.54. The summed E-state index contributed by atoms with van der Waals surface area (Å²) >= 11 is 0. The van der Waals surface area contributed by atoms with Gasteiger partial charge >= 0.3 is 0 Å². The van der Waals surface area contributed by atoms with Crippen molar-refractivity contribution in [1.82, 2.24) is 0 Å². The van der Waals surface area contributed by atoms with Gasteiger partial charge in [0.05, 0.1) is 12.2 Å². The Balaban J connectivity index is 2.14. The van der Waals surface area contributed by atoms with E-state index in [0.29, 0.717) is 17.6 Å². The molecular weight excluding hydrogens is 138 g/mol. The van der Waals surface area contributed by atoms with E-state index in [0.717, 1.165) is 6.54 Å². The Morgan fingerprint density at radius 3 is 2.64 bits per heavy atom. The second-order valence-electron chi connectivity index (χ2n) is 3.95. The fourth-order valence-corrected chi connectivity index (χ4v) is 2.62. The standard InChI is InChI=1S/C9H17NO/c1-2-9(6-10)5-7-3-4-8(9)11-7/h7-8H,2-6,10H2,1H3. The van der Waals surface area contributed by atoms with Gasteiger partial charge in [-0.1, -0.05) is 6.92 Å². The Morgan fingerprint density at radius 1 is 1.55 bits per heavy atom. The van der Waals surface area contributed by atoms with Crippen molar-refractivity contribution >= 4 is 0 Å². The number of fused-ring (bicyclic) bond motifs is 2. The Kier molecular flexibility index (Phi) is 1.69. The van der Waals surface area contributed by atoms with E-state index in [-0.39, 0.29) is 0 Å². The second-order valence-corrected chi connectivity index (χ2v) is 3.95. The lowest BCUT2D eigenvalue weighted by Gasteiger charge is -2.32. The van der Waals surface area contributed by atoms with E-state index in [1.165, 1.54) is 25.7 Å². The van der Waals surface area contributed by atoms with Gasteiger partial charge in [-0.3, -0.25) is 0 Å². The molecule has 0 amide bonds. The van der Waals surface area contributed by atoms with Gasteiger partial charge in [0, 0.05) is 12.0 Å². The summed E-state index contributed by atoms with van der Waals surface area (Å²) in [6.45, 7) is 3.04. The topological polar surface area (TPSA) is 35.2 Å². The van der Waals surface area contributed by atoms with Crippen LogP contribution >= 0.6 is 0 Å². The molecule has 0 saturated carbocycles. The summed E-state index contributed by atoms with van der Waals surface area (Å²) in [4.78, 5) is 0. The maximum Gasteiger partial charge on any atom is 0.0648 e. The van der Waals surface area contributed by atoms with Crippen molar-refractivity contribution in [3.63, 3.8) is 0 Å². The molecule has 2 nitrogen and oxygen atoms in total. The number of hydrogen-bond acceptors (Lipinski definition) is 2. The average molecular weight is 155 g/mol. The van der Waals surface area contributed by atoms with Crippen molar-refractivity contribution in [2.24, 2.45) is 11.1 Å². The third kappa shape index (κ3) is 0.926. The largest absolute Gasteiger partial charge is 0.374 e. The molecule has 2 aliphatic rings. The molecule has 0 aromatic rings. The zero-order valence-corrected chi connectivity index (χ0v) is 7.18. The SMILES string of the molecule is CCC1(CN)CC2CCC1O2. The predicted molar refractivity (Wildman–Crippen MR) is 44.3 cm³/mol. The first-order valence-electron chi connectivity index (χ1n) is 4.66. The quantitative estimate of drug-likeness (QED) is 0.652. The monoisotopic (exact) mass is 155 g/mol. The fourth-order valence-electron chi connectivity index (χ4n) is 2.62. The van der Waals surface area contributed by atoms with Gasteiger partial charge in [-0.2, -0.15) is 0 Å². The summed E-state index contributed by atoms with van der Waals surface area (Å²) in [7, 11) is 0. The van der Waals surface area contributed by atoms with Crippen LogP contribution in [0.5, 0.6) is 0 Å². The maximum absolute atomic E-state index is 5.79. The van der Waals surface area contributed by atoms with Crippen LogP contribution in [-0.4, -0.2) is 18.8 Å². The van der Waals surface area contributed by atoms with E-state index in [1.54, 1.807) is 0 Å². The van der Waals surface area contributed by atoms with Crippen molar-refractivity contribution in [2.45, 2.75) is 44.8 Å². The van der Waals surface area contributed by atoms with Crippen molar-refractivity contribution in [1.29, 1.82) is 0 Å². The van der Waals surface area contributed by atoms with Crippen molar-refractivity contribution < 1.29 is 4.74 Å². The van der Waals surface area contributed by atoms with Crippen molar-refractivity contribution in [3.8, 4) is 0 Å². The molecule has 3 unspecified atom stereocenters. The Bertz CT molecular complexity index is 154. The highest BCUT2D eigenvalue weighted by molar-refractivity contribution is 5.00. The van der Waals surface area contributed by atoms with Crippen LogP contribution in [0.2, 0.25) is 0 Å². The summed E-state index contributed by atoms with van der Waals surface area (Å²) in [5.41, 5.74) is 6.14. The van der Waals surface area contributed by atoms with Gasteiger partial charge in [0.25, 0.3) is 0 Å². The minimum Gasteiger partial charge on any atom is -0.374 e. The molecule has 2 fully saturated rings. The number of rotatable bonds is 2. The molecule has 2 rings (SSSR count). The summed E-state index contributed by atoms with van der Waals surface area (Å²) in [6, 6.07) is 0. The van der Waals surface area contributed by atoms with Crippen LogP contribution < -0.4 is 5.73 Å². The van der Waals surface area contributed by atoms with E-state index in [2.05, 4.69) is 6.92 Å². The van der Waals surface area contributed by atoms with Gasteiger partial charge in [0.1, 0.15) is 0 Å². The minimum absolute atomic E-state index is 0.350. The molecule has 0 radical (unpaired) electrons. The van der Waals surface area contributed by atoms with Gasteiger partial charge in [-0.05, 0) is 25.7 Å². The number of nitrogens with two attached hydrogens (primary N) is 1. The van der Waals surface area contributed by atoms with Crippen LogP contribution in [0.15, 0.2) is 0 Å². The molecule has 0 aromatic heterocycles. The normalized spacial score (nSPS) is 48.5. The number of hydrogen-bond donors (Lipinski definition) is 1. The molecule has 0 aromatic carbocycles.